The summed E-state index contributed by atoms with van der Waals surface area (Å²) in [5.74, 6) is -2.13. The van der Waals surface area contributed by atoms with Gasteiger partial charge in [0.2, 0.25) is 0 Å². The molecule has 1 atom stereocenters. The summed E-state index contributed by atoms with van der Waals surface area (Å²) in [5, 5.41) is 11.1. The topological polar surface area (TPSA) is 89.0 Å². The minimum absolute atomic E-state index is 0.00204. The molecule has 8 heteroatoms. The standard InChI is InChI=1S/C27H25FN2O5/c1-3-13-35-20-9-6-18(7-10-20)24-23(25(31)19-8-11-22(34-2)21(28)14-19)26(32)27(33)30(24)16-17-5-4-12-29-15-17/h4-12,14-15,24,31H,3,13,16H2,1-2H3/b25-23-. The van der Waals surface area contributed by atoms with Gasteiger partial charge in [-0.3, -0.25) is 14.6 Å². The van der Waals surface area contributed by atoms with Crippen molar-refractivity contribution in [2.45, 2.75) is 25.9 Å². The summed E-state index contributed by atoms with van der Waals surface area (Å²) in [4.78, 5) is 31.7. The summed E-state index contributed by atoms with van der Waals surface area (Å²) in [7, 11) is 1.33. The molecule has 1 aromatic heterocycles. The van der Waals surface area contributed by atoms with Gasteiger partial charge in [0.15, 0.2) is 11.6 Å². The summed E-state index contributed by atoms with van der Waals surface area (Å²) in [5.41, 5.74) is 1.27. The molecule has 0 radical (unpaired) electrons. The molecular weight excluding hydrogens is 451 g/mol. The summed E-state index contributed by atoms with van der Waals surface area (Å²) < 4.78 is 24.9. The Hall–Kier alpha value is -4.20. The molecular formula is C27H25FN2O5. The first-order chi connectivity index (χ1) is 16.9. The van der Waals surface area contributed by atoms with Crippen molar-refractivity contribution in [3.8, 4) is 11.5 Å². The van der Waals surface area contributed by atoms with E-state index in [2.05, 4.69) is 4.98 Å². The van der Waals surface area contributed by atoms with Crippen LogP contribution in [0, 0.1) is 5.82 Å². The van der Waals surface area contributed by atoms with Gasteiger partial charge in [-0.25, -0.2) is 4.39 Å². The summed E-state index contributed by atoms with van der Waals surface area (Å²) in [6.45, 7) is 2.66. The number of likely N-dealkylation sites (tertiary alicyclic amines) is 1. The third kappa shape index (κ3) is 4.87. The molecule has 4 rings (SSSR count). The lowest BCUT2D eigenvalue weighted by molar-refractivity contribution is -0.140. The number of nitrogens with zero attached hydrogens (tertiary/aromatic N) is 2. The molecule has 1 N–H and O–H groups in total. The van der Waals surface area contributed by atoms with Gasteiger partial charge >= 0.3 is 0 Å². The van der Waals surface area contributed by atoms with Crippen LogP contribution >= 0.6 is 0 Å². The lowest BCUT2D eigenvalue weighted by atomic mass is 9.95. The third-order valence-electron chi connectivity index (χ3n) is 5.71. The average Bonchev–Trinajstić information content (AvgIpc) is 3.12. The zero-order chi connectivity index (χ0) is 24.9. The number of ether oxygens (including phenoxy) is 2. The van der Waals surface area contributed by atoms with Crippen LogP contribution in [0.15, 0.2) is 72.6 Å². The molecule has 2 heterocycles. The molecule has 3 aromatic rings. The number of hydrogen-bond donors (Lipinski definition) is 1. The highest BCUT2D eigenvalue weighted by Gasteiger charge is 2.46. The minimum atomic E-state index is -0.888. The van der Waals surface area contributed by atoms with Crippen LogP contribution < -0.4 is 9.47 Å². The lowest BCUT2D eigenvalue weighted by Gasteiger charge is -2.25. The highest BCUT2D eigenvalue weighted by Crippen LogP contribution is 2.41. The van der Waals surface area contributed by atoms with Crippen molar-refractivity contribution in [3.63, 3.8) is 0 Å². The van der Waals surface area contributed by atoms with Crippen molar-refractivity contribution in [2.24, 2.45) is 0 Å². The first-order valence-corrected chi connectivity index (χ1v) is 11.2. The first kappa shape index (κ1) is 23.9. The van der Waals surface area contributed by atoms with Crippen molar-refractivity contribution in [3.05, 3.63) is 95.1 Å². The lowest BCUT2D eigenvalue weighted by Crippen LogP contribution is -2.29. The van der Waals surface area contributed by atoms with E-state index in [4.69, 9.17) is 9.47 Å². The van der Waals surface area contributed by atoms with Gasteiger partial charge in [-0.15, -0.1) is 0 Å². The van der Waals surface area contributed by atoms with Crippen molar-refractivity contribution < 1.29 is 28.6 Å². The number of ketones is 1. The molecule has 1 fully saturated rings. The van der Waals surface area contributed by atoms with E-state index in [1.54, 1.807) is 48.8 Å². The van der Waals surface area contributed by atoms with E-state index in [1.165, 1.54) is 24.1 Å². The highest BCUT2D eigenvalue weighted by atomic mass is 19.1. The van der Waals surface area contributed by atoms with Gasteiger partial charge in [-0.1, -0.05) is 25.1 Å². The molecule has 180 valence electrons. The Bertz CT molecular complexity index is 1260. The number of aromatic nitrogens is 1. The number of carbonyl (C=O) groups is 2. The molecule has 1 aliphatic heterocycles. The third-order valence-corrected chi connectivity index (χ3v) is 5.71. The Balaban J connectivity index is 1.81. The van der Waals surface area contributed by atoms with E-state index in [1.807, 2.05) is 6.92 Å². The largest absolute Gasteiger partial charge is 0.507 e. The molecule has 0 spiro atoms. The van der Waals surface area contributed by atoms with Crippen LogP contribution in [0.2, 0.25) is 0 Å². The number of halogens is 1. The van der Waals surface area contributed by atoms with Gasteiger partial charge in [-0.05, 0) is 53.9 Å². The van der Waals surface area contributed by atoms with E-state index in [0.29, 0.717) is 17.9 Å². The van der Waals surface area contributed by atoms with Crippen LogP contribution in [0.1, 0.15) is 36.1 Å². The van der Waals surface area contributed by atoms with E-state index in [9.17, 15) is 19.1 Å². The number of rotatable bonds is 8. The second-order valence-corrected chi connectivity index (χ2v) is 8.06. The molecule has 1 aliphatic rings. The highest BCUT2D eigenvalue weighted by molar-refractivity contribution is 6.46. The fraction of sp³-hybridized carbons (Fsp3) is 0.222. The average molecular weight is 477 g/mol. The fourth-order valence-corrected chi connectivity index (χ4v) is 4.01. The predicted molar refractivity (Wildman–Crippen MR) is 127 cm³/mol. The molecule has 0 saturated carbocycles. The number of aliphatic hydroxyl groups is 1. The first-order valence-electron chi connectivity index (χ1n) is 11.2. The Labute approximate surface area is 202 Å². The van der Waals surface area contributed by atoms with Gasteiger partial charge in [0, 0.05) is 24.5 Å². The summed E-state index contributed by atoms with van der Waals surface area (Å²) >= 11 is 0. The molecule has 1 unspecified atom stereocenters. The van der Waals surface area contributed by atoms with Gasteiger partial charge in [-0.2, -0.15) is 0 Å². The van der Waals surface area contributed by atoms with Crippen LogP contribution in [-0.2, 0) is 16.1 Å². The van der Waals surface area contributed by atoms with E-state index >= 15 is 0 Å². The zero-order valence-corrected chi connectivity index (χ0v) is 19.4. The van der Waals surface area contributed by atoms with Gasteiger partial charge in [0.25, 0.3) is 11.7 Å². The number of aliphatic hydroxyl groups excluding tert-OH is 1. The van der Waals surface area contributed by atoms with E-state index in [-0.39, 0.29) is 23.4 Å². The number of hydrogen-bond acceptors (Lipinski definition) is 6. The Kier molecular flexibility index (Phi) is 7.10. The smallest absolute Gasteiger partial charge is 0.295 e. The number of benzene rings is 2. The molecule has 0 bridgehead atoms. The number of amides is 1. The van der Waals surface area contributed by atoms with Crippen molar-refractivity contribution >= 4 is 17.4 Å². The maximum absolute atomic E-state index is 14.4. The maximum Gasteiger partial charge on any atom is 0.295 e. The summed E-state index contributed by atoms with van der Waals surface area (Å²) in [6.07, 6.45) is 4.07. The van der Waals surface area contributed by atoms with Crippen molar-refractivity contribution in [1.29, 1.82) is 0 Å². The minimum Gasteiger partial charge on any atom is -0.507 e. The quantitative estimate of drug-likeness (QED) is 0.290. The van der Waals surface area contributed by atoms with Crippen LogP contribution in [0.25, 0.3) is 5.76 Å². The molecule has 7 nitrogen and oxygen atoms in total. The molecule has 1 amide bonds. The second kappa shape index (κ2) is 10.4. The number of pyridine rings is 1. The van der Waals surface area contributed by atoms with Crippen LogP contribution in [0.3, 0.4) is 0 Å². The van der Waals surface area contributed by atoms with Crippen LogP contribution in [0.4, 0.5) is 4.39 Å². The second-order valence-electron chi connectivity index (χ2n) is 8.06. The monoisotopic (exact) mass is 476 g/mol. The van der Waals surface area contributed by atoms with Crippen LogP contribution in [-0.4, -0.2) is 40.4 Å². The Morgan fingerprint density at radius 2 is 1.91 bits per heavy atom. The number of carbonyl (C=O) groups excluding carboxylic acids is 2. The Morgan fingerprint density at radius 3 is 2.54 bits per heavy atom. The van der Waals surface area contributed by atoms with Gasteiger partial charge < -0.3 is 19.5 Å². The SMILES string of the molecule is CCCOc1ccc(C2/C(=C(/O)c3ccc(OC)c(F)c3)C(=O)C(=O)N2Cc2cccnc2)cc1. The molecule has 35 heavy (non-hydrogen) atoms. The van der Waals surface area contributed by atoms with Crippen molar-refractivity contribution in [2.75, 3.05) is 13.7 Å². The maximum atomic E-state index is 14.4. The summed E-state index contributed by atoms with van der Waals surface area (Å²) in [6, 6.07) is 13.5. The van der Waals surface area contributed by atoms with Gasteiger partial charge in [0.05, 0.1) is 25.3 Å². The number of methoxy groups -OCH3 is 1. The number of Topliss-reactive ketones (excluding diaryl/α,β-unsaturated/α-hetero) is 1. The van der Waals surface area contributed by atoms with Gasteiger partial charge in [0.1, 0.15) is 11.5 Å². The zero-order valence-electron chi connectivity index (χ0n) is 19.4. The fourth-order valence-electron chi connectivity index (χ4n) is 4.01. The predicted octanol–water partition coefficient (Wildman–Crippen LogP) is 4.64. The van der Waals surface area contributed by atoms with Crippen LogP contribution in [0.5, 0.6) is 11.5 Å². The molecule has 2 aromatic carbocycles. The van der Waals surface area contributed by atoms with E-state index < -0.39 is 29.3 Å². The molecule has 1 saturated heterocycles. The van der Waals surface area contributed by atoms with Crippen molar-refractivity contribution in [1.82, 2.24) is 9.88 Å². The normalized spacial score (nSPS) is 17.0. The molecule has 0 aliphatic carbocycles. The Morgan fingerprint density at radius 1 is 1.14 bits per heavy atom. The van der Waals surface area contributed by atoms with E-state index in [0.717, 1.165) is 18.1 Å².